The fraction of sp³-hybridized carbons (Fsp3) is 0.211. The maximum Gasteiger partial charge on any atom is 0.337 e. The molecule has 0 heterocycles. The summed E-state index contributed by atoms with van der Waals surface area (Å²) in [4.78, 5) is 35.5. The van der Waals surface area contributed by atoms with Crippen molar-refractivity contribution >= 4 is 23.5 Å². The average molecular weight is 340 g/mol. The van der Waals surface area contributed by atoms with Crippen molar-refractivity contribution in [1.29, 1.82) is 0 Å². The van der Waals surface area contributed by atoms with Crippen LogP contribution in [0.15, 0.2) is 48.5 Å². The molecule has 2 aromatic carbocycles. The van der Waals surface area contributed by atoms with Crippen LogP contribution >= 0.6 is 0 Å². The van der Waals surface area contributed by atoms with Crippen molar-refractivity contribution < 1.29 is 19.1 Å². The summed E-state index contributed by atoms with van der Waals surface area (Å²) < 4.78 is 4.61. The Morgan fingerprint density at radius 1 is 0.800 bits per heavy atom. The van der Waals surface area contributed by atoms with Gasteiger partial charge in [0, 0.05) is 22.9 Å². The number of benzene rings is 2. The van der Waals surface area contributed by atoms with Gasteiger partial charge < -0.3 is 15.4 Å². The Morgan fingerprint density at radius 2 is 1.28 bits per heavy atom. The Balaban J connectivity index is 2.03. The lowest BCUT2D eigenvalue weighted by Crippen LogP contribution is -2.30. The van der Waals surface area contributed by atoms with E-state index in [4.69, 9.17) is 0 Å². The molecule has 0 bridgehead atoms. The van der Waals surface area contributed by atoms with Crippen LogP contribution in [0.4, 0.5) is 5.69 Å². The zero-order chi connectivity index (χ0) is 18.4. The van der Waals surface area contributed by atoms with E-state index in [1.54, 1.807) is 36.4 Å². The van der Waals surface area contributed by atoms with Crippen molar-refractivity contribution in [2.75, 3.05) is 12.4 Å². The molecule has 2 N–H and O–H groups in total. The third kappa shape index (κ3) is 4.91. The maximum absolute atomic E-state index is 12.2. The first kappa shape index (κ1) is 18.2. The van der Waals surface area contributed by atoms with E-state index < -0.39 is 5.97 Å². The first-order valence-electron chi connectivity index (χ1n) is 7.81. The van der Waals surface area contributed by atoms with E-state index in [9.17, 15) is 14.4 Å². The molecule has 0 unspecified atom stereocenters. The summed E-state index contributed by atoms with van der Waals surface area (Å²) in [7, 11) is 1.30. The monoisotopic (exact) mass is 340 g/mol. The van der Waals surface area contributed by atoms with Crippen LogP contribution in [0, 0.1) is 0 Å². The number of carbonyl (C=O) groups excluding carboxylic acids is 3. The number of hydrogen-bond donors (Lipinski definition) is 2. The van der Waals surface area contributed by atoms with E-state index in [-0.39, 0.29) is 17.9 Å². The van der Waals surface area contributed by atoms with Gasteiger partial charge in [-0.25, -0.2) is 4.79 Å². The number of methoxy groups -OCH3 is 1. The van der Waals surface area contributed by atoms with Crippen LogP contribution in [-0.4, -0.2) is 30.9 Å². The lowest BCUT2D eigenvalue weighted by Gasteiger charge is -2.09. The molecule has 2 aromatic rings. The molecular formula is C19H20N2O4. The van der Waals surface area contributed by atoms with Crippen LogP contribution in [0.5, 0.6) is 0 Å². The molecule has 6 heteroatoms. The van der Waals surface area contributed by atoms with E-state index in [0.717, 1.165) is 0 Å². The quantitative estimate of drug-likeness (QED) is 0.820. The highest BCUT2D eigenvalue weighted by molar-refractivity contribution is 6.05. The van der Waals surface area contributed by atoms with Crippen molar-refractivity contribution in [1.82, 2.24) is 5.32 Å². The van der Waals surface area contributed by atoms with Crippen molar-refractivity contribution in [3.8, 4) is 0 Å². The highest BCUT2D eigenvalue weighted by Crippen LogP contribution is 2.13. The van der Waals surface area contributed by atoms with Crippen LogP contribution in [0.3, 0.4) is 0 Å². The molecule has 0 aliphatic heterocycles. The Hall–Kier alpha value is -3.15. The highest BCUT2D eigenvalue weighted by atomic mass is 16.5. The van der Waals surface area contributed by atoms with E-state index in [0.29, 0.717) is 22.4 Å². The van der Waals surface area contributed by atoms with Gasteiger partial charge in [-0.15, -0.1) is 0 Å². The van der Waals surface area contributed by atoms with Crippen LogP contribution in [0.2, 0.25) is 0 Å². The van der Waals surface area contributed by atoms with E-state index in [1.165, 1.54) is 19.2 Å². The molecule has 0 radical (unpaired) electrons. The number of nitrogens with one attached hydrogen (secondary N) is 2. The van der Waals surface area contributed by atoms with Crippen molar-refractivity contribution in [3.05, 3.63) is 65.2 Å². The molecular weight excluding hydrogens is 320 g/mol. The van der Waals surface area contributed by atoms with Crippen LogP contribution < -0.4 is 10.6 Å². The molecule has 0 saturated heterocycles. The smallest absolute Gasteiger partial charge is 0.337 e. The van der Waals surface area contributed by atoms with E-state index >= 15 is 0 Å². The summed E-state index contributed by atoms with van der Waals surface area (Å²) in [6.07, 6.45) is 0. The number of anilines is 1. The number of esters is 1. The molecule has 0 aliphatic carbocycles. The Morgan fingerprint density at radius 3 is 1.80 bits per heavy atom. The summed E-state index contributed by atoms with van der Waals surface area (Å²) >= 11 is 0. The minimum Gasteiger partial charge on any atom is -0.465 e. The van der Waals surface area contributed by atoms with Gasteiger partial charge in [-0.1, -0.05) is 0 Å². The van der Waals surface area contributed by atoms with Gasteiger partial charge in [0.25, 0.3) is 11.8 Å². The summed E-state index contributed by atoms with van der Waals surface area (Å²) in [5.74, 6) is -0.927. The summed E-state index contributed by atoms with van der Waals surface area (Å²) in [5.41, 5.74) is 1.88. The molecule has 130 valence electrons. The first-order chi connectivity index (χ1) is 11.9. The van der Waals surface area contributed by atoms with Gasteiger partial charge in [0.05, 0.1) is 12.7 Å². The standard InChI is InChI=1S/C19H20N2O4/c1-12(2)20-17(22)14-8-10-16(11-9-14)21-18(23)13-4-6-15(7-5-13)19(24)25-3/h4-12H,1-3H3,(H,20,22)(H,21,23). The molecule has 0 spiro atoms. The number of ether oxygens (including phenoxy) is 1. The van der Waals surface area contributed by atoms with Crippen molar-refractivity contribution in [3.63, 3.8) is 0 Å². The zero-order valence-corrected chi connectivity index (χ0v) is 14.3. The molecule has 0 atom stereocenters. The SMILES string of the molecule is COC(=O)c1ccc(C(=O)Nc2ccc(C(=O)NC(C)C)cc2)cc1. The summed E-state index contributed by atoms with van der Waals surface area (Å²) in [6.45, 7) is 3.77. The normalized spacial score (nSPS) is 10.2. The Labute approximate surface area is 146 Å². The Kier molecular flexibility index (Phi) is 5.89. The van der Waals surface area contributed by atoms with Crippen molar-refractivity contribution in [2.24, 2.45) is 0 Å². The topological polar surface area (TPSA) is 84.5 Å². The largest absolute Gasteiger partial charge is 0.465 e. The number of carbonyl (C=O) groups is 3. The predicted molar refractivity (Wildman–Crippen MR) is 94.8 cm³/mol. The van der Waals surface area contributed by atoms with Gasteiger partial charge in [-0.05, 0) is 62.4 Å². The second-order valence-corrected chi connectivity index (χ2v) is 5.73. The fourth-order valence-electron chi connectivity index (χ4n) is 2.13. The molecule has 0 aliphatic rings. The van der Waals surface area contributed by atoms with Gasteiger partial charge in [0.15, 0.2) is 0 Å². The van der Waals surface area contributed by atoms with Gasteiger partial charge in [0.2, 0.25) is 0 Å². The minimum atomic E-state index is -0.456. The van der Waals surface area contributed by atoms with Gasteiger partial charge in [-0.2, -0.15) is 0 Å². The fourth-order valence-corrected chi connectivity index (χ4v) is 2.13. The summed E-state index contributed by atoms with van der Waals surface area (Å²) in [6, 6.07) is 12.8. The van der Waals surface area contributed by atoms with Crippen LogP contribution in [0.1, 0.15) is 44.9 Å². The van der Waals surface area contributed by atoms with Crippen LogP contribution in [0.25, 0.3) is 0 Å². The van der Waals surface area contributed by atoms with E-state index in [1.807, 2.05) is 13.8 Å². The second kappa shape index (κ2) is 8.10. The number of rotatable bonds is 5. The molecule has 0 saturated carbocycles. The average Bonchev–Trinajstić information content (AvgIpc) is 2.61. The second-order valence-electron chi connectivity index (χ2n) is 5.73. The molecule has 25 heavy (non-hydrogen) atoms. The van der Waals surface area contributed by atoms with Gasteiger partial charge in [-0.3, -0.25) is 9.59 Å². The molecule has 2 amide bonds. The third-order valence-electron chi connectivity index (χ3n) is 3.39. The maximum atomic E-state index is 12.2. The summed E-state index contributed by atoms with van der Waals surface area (Å²) in [5, 5.41) is 5.54. The molecule has 0 aromatic heterocycles. The van der Waals surface area contributed by atoms with E-state index in [2.05, 4.69) is 15.4 Å². The predicted octanol–water partition coefficient (Wildman–Crippen LogP) is 2.86. The van der Waals surface area contributed by atoms with Gasteiger partial charge >= 0.3 is 5.97 Å². The lowest BCUT2D eigenvalue weighted by molar-refractivity contribution is 0.0600. The number of amides is 2. The molecule has 0 fully saturated rings. The molecule has 2 rings (SSSR count). The number of hydrogen-bond acceptors (Lipinski definition) is 4. The Bertz CT molecular complexity index is 765. The lowest BCUT2D eigenvalue weighted by atomic mass is 10.1. The molecule has 6 nitrogen and oxygen atoms in total. The highest BCUT2D eigenvalue weighted by Gasteiger charge is 2.10. The van der Waals surface area contributed by atoms with Crippen LogP contribution in [-0.2, 0) is 4.74 Å². The van der Waals surface area contributed by atoms with Gasteiger partial charge in [0.1, 0.15) is 0 Å². The first-order valence-corrected chi connectivity index (χ1v) is 7.81. The van der Waals surface area contributed by atoms with Crippen molar-refractivity contribution in [2.45, 2.75) is 19.9 Å². The minimum absolute atomic E-state index is 0.0554. The third-order valence-corrected chi connectivity index (χ3v) is 3.39. The zero-order valence-electron chi connectivity index (χ0n) is 14.3.